The van der Waals surface area contributed by atoms with E-state index in [1.54, 1.807) is 10.9 Å². The van der Waals surface area contributed by atoms with Gasteiger partial charge >= 0.3 is 0 Å². The van der Waals surface area contributed by atoms with Crippen molar-refractivity contribution in [1.82, 2.24) is 24.6 Å². The van der Waals surface area contributed by atoms with Gasteiger partial charge in [0.1, 0.15) is 5.02 Å². The molecule has 1 fully saturated rings. The van der Waals surface area contributed by atoms with E-state index in [1.807, 2.05) is 18.1 Å². The Labute approximate surface area is 150 Å². The topological polar surface area (TPSA) is 88.0 Å². The van der Waals surface area contributed by atoms with Gasteiger partial charge in [0.05, 0.1) is 18.1 Å². The van der Waals surface area contributed by atoms with Crippen molar-refractivity contribution in [2.75, 3.05) is 23.7 Å². The Balaban J connectivity index is 1.66. The molecule has 0 bridgehead atoms. The van der Waals surface area contributed by atoms with E-state index in [-0.39, 0.29) is 11.9 Å². The highest BCUT2D eigenvalue weighted by atomic mass is 35.5. The summed E-state index contributed by atoms with van der Waals surface area (Å²) >= 11 is 6.19. The van der Waals surface area contributed by atoms with Crippen LogP contribution in [0.15, 0.2) is 31.2 Å². The highest BCUT2D eigenvalue weighted by Gasteiger charge is 2.27. The zero-order chi connectivity index (χ0) is 17.8. The standard InChI is InChI=1S/C16H20ClN7O/c1-3-14(25)24-6-4-5-12(24)8-18-15-13(17)9-19-16(22-15)21-11-7-20-23(2)10-11/h3,7,9-10,12H,1,4-6,8H2,2H3,(H2,18,19,21,22)/t12-/m1/s1. The average molecular weight is 362 g/mol. The number of hydrogen-bond donors (Lipinski definition) is 2. The summed E-state index contributed by atoms with van der Waals surface area (Å²) in [5.74, 6) is 0.906. The van der Waals surface area contributed by atoms with Gasteiger partial charge in [-0.05, 0) is 18.9 Å². The molecule has 3 rings (SSSR count). The molecule has 1 aliphatic rings. The molecule has 1 saturated heterocycles. The summed E-state index contributed by atoms with van der Waals surface area (Å²) in [6.45, 7) is 4.88. The second kappa shape index (κ2) is 7.52. The summed E-state index contributed by atoms with van der Waals surface area (Å²) in [4.78, 5) is 22.3. The van der Waals surface area contributed by atoms with Gasteiger partial charge in [-0.1, -0.05) is 18.2 Å². The minimum atomic E-state index is -0.0444. The molecule has 132 valence electrons. The normalized spacial score (nSPS) is 16.7. The number of rotatable bonds is 6. The largest absolute Gasteiger partial charge is 0.367 e. The van der Waals surface area contributed by atoms with E-state index in [0.717, 1.165) is 25.1 Å². The SMILES string of the molecule is C=CC(=O)N1CCC[C@@H]1CNc1nc(Nc2cnn(C)c2)ncc1Cl. The lowest BCUT2D eigenvalue weighted by Gasteiger charge is -2.24. The van der Waals surface area contributed by atoms with Crippen LogP contribution in [-0.4, -0.2) is 49.7 Å². The first kappa shape index (κ1) is 17.2. The molecule has 0 unspecified atom stereocenters. The van der Waals surface area contributed by atoms with Crippen molar-refractivity contribution in [2.24, 2.45) is 7.05 Å². The molecular weight excluding hydrogens is 342 g/mol. The molecule has 0 spiro atoms. The van der Waals surface area contributed by atoms with Crippen LogP contribution >= 0.6 is 11.6 Å². The molecule has 2 aromatic heterocycles. The van der Waals surface area contributed by atoms with Crippen LogP contribution in [0.25, 0.3) is 0 Å². The number of amides is 1. The summed E-state index contributed by atoms with van der Waals surface area (Å²) in [6.07, 6.45) is 8.32. The Bertz CT molecular complexity index is 776. The molecule has 25 heavy (non-hydrogen) atoms. The Hall–Kier alpha value is -2.61. The average Bonchev–Trinajstić information content (AvgIpc) is 3.23. The second-order valence-electron chi connectivity index (χ2n) is 5.83. The third kappa shape index (κ3) is 4.08. The first-order valence-electron chi connectivity index (χ1n) is 8.02. The molecule has 0 saturated carbocycles. The number of carbonyl (C=O) groups is 1. The van der Waals surface area contributed by atoms with E-state index < -0.39 is 0 Å². The van der Waals surface area contributed by atoms with Crippen molar-refractivity contribution in [3.05, 3.63) is 36.3 Å². The van der Waals surface area contributed by atoms with Crippen molar-refractivity contribution in [3.63, 3.8) is 0 Å². The predicted molar refractivity (Wildman–Crippen MR) is 97.0 cm³/mol. The van der Waals surface area contributed by atoms with E-state index in [2.05, 4.69) is 32.3 Å². The molecule has 1 amide bonds. The molecule has 1 aliphatic heterocycles. The molecule has 0 aromatic carbocycles. The fourth-order valence-electron chi connectivity index (χ4n) is 2.84. The van der Waals surface area contributed by atoms with Crippen molar-refractivity contribution >= 4 is 35.0 Å². The third-order valence-corrected chi connectivity index (χ3v) is 4.32. The number of aromatic nitrogens is 4. The molecule has 2 N–H and O–H groups in total. The number of nitrogens with zero attached hydrogens (tertiary/aromatic N) is 5. The quantitative estimate of drug-likeness (QED) is 0.767. The fraction of sp³-hybridized carbons (Fsp3) is 0.375. The lowest BCUT2D eigenvalue weighted by Crippen LogP contribution is -2.38. The second-order valence-corrected chi connectivity index (χ2v) is 6.24. The van der Waals surface area contributed by atoms with Gasteiger partial charge < -0.3 is 15.5 Å². The lowest BCUT2D eigenvalue weighted by atomic mass is 10.2. The number of anilines is 3. The van der Waals surface area contributed by atoms with E-state index in [4.69, 9.17) is 11.6 Å². The number of nitrogens with one attached hydrogen (secondary N) is 2. The van der Waals surface area contributed by atoms with Gasteiger partial charge in [0, 0.05) is 32.4 Å². The van der Waals surface area contributed by atoms with Crippen LogP contribution in [0.1, 0.15) is 12.8 Å². The zero-order valence-electron chi connectivity index (χ0n) is 13.9. The smallest absolute Gasteiger partial charge is 0.246 e. The van der Waals surface area contributed by atoms with Crippen LogP contribution in [0.3, 0.4) is 0 Å². The maximum absolute atomic E-state index is 11.9. The molecule has 1 atom stereocenters. The molecule has 2 aromatic rings. The van der Waals surface area contributed by atoms with Crippen LogP contribution in [0, 0.1) is 0 Å². The molecule has 9 heteroatoms. The van der Waals surface area contributed by atoms with Crippen LogP contribution in [-0.2, 0) is 11.8 Å². The fourth-order valence-corrected chi connectivity index (χ4v) is 2.99. The number of halogens is 1. The molecule has 8 nitrogen and oxygen atoms in total. The van der Waals surface area contributed by atoms with Gasteiger partial charge in [-0.15, -0.1) is 0 Å². The Morgan fingerprint density at radius 2 is 2.36 bits per heavy atom. The minimum Gasteiger partial charge on any atom is -0.367 e. The number of hydrogen-bond acceptors (Lipinski definition) is 6. The molecule has 0 aliphatic carbocycles. The molecular formula is C16H20ClN7O. The summed E-state index contributed by atoms with van der Waals surface area (Å²) in [6, 6.07) is 0.103. The van der Waals surface area contributed by atoms with Gasteiger partial charge in [-0.3, -0.25) is 9.48 Å². The van der Waals surface area contributed by atoms with Crippen molar-refractivity contribution < 1.29 is 4.79 Å². The van der Waals surface area contributed by atoms with Gasteiger partial charge in [0.15, 0.2) is 5.82 Å². The summed E-state index contributed by atoms with van der Waals surface area (Å²) in [5.41, 5.74) is 0.786. The van der Waals surface area contributed by atoms with E-state index in [1.165, 1.54) is 12.3 Å². The highest BCUT2D eigenvalue weighted by molar-refractivity contribution is 6.32. The van der Waals surface area contributed by atoms with Crippen LogP contribution in [0.4, 0.5) is 17.5 Å². The maximum Gasteiger partial charge on any atom is 0.246 e. The number of likely N-dealkylation sites (tertiary alicyclic amines) is 1. The van der Waals surface area contributed by atoms with Gasteiger partial charge in [-0.2, -0.15) is 10.1 Å². The first-order chi connectivity index (χ1) is 12.1. The summed E-state index contributed by atoms with van der Waals surface area (Å²) in [7, 11) is 1.83. The lowest BCUT2D eigenvalue weighted by molar-refractivity contribution is -0.126. The first-order valence-corrected chi connectivity index (χ1v) is 8.39. The van der Waals surface area contributed by atoms with Crippen molar-refractivity contribution in [1.29, 1.82) is 0 Å². The monoisotopic (exact) mass is 361 g/mol. The van der Waals surface area contributed by atoms with E-state index in [9.17, 15) is 4.79 Å². The Morgan fingerprint density at radius 1 is 1.52 bits per heavy atom. The Morgan fingerprint density at radius 3 is 3.08 bits per heavy atom. The van der Waals surface area contributed by atoms with Crippen molar-refractivity contribution in [2.45, 2.75) is 18.9 Å². The van der Waals surface area contributed by atoms with Crippen LogP contribution in [0.2, 0.25) is 5.02 Å². The van der Waals surface area contributed by atoms with Gasteiger partial charge in [0.2, 0.25) is 11.9 Å². The maximum atomic E-state index is 11.9. The summed E-state index contributed by atoms with van der Waals surface area (Å²) in [5, 5.41) is 10.8. The molecule has 0 radical (unpaired) electrons. The van der Waals surface area contributed by atoms with Crippen LogP contribution < -0.4 is 10.6 Å². The number of aryl methyl sites for hydroxylation is 1. The van der Waals surface area contributed by atoms with Gasteiger partial charge in [-0.25, -0.2) is 4.98 Å². The predicted octanol–water partition coefficient (Wildman–Crippen LogP) is 2.20. The third-order valence-electron chi connectivity index (χ3n) is 4.05. The Kier molecular flexibility index (Phi) is 5.18. The zero-order valence-corrected chi connectivity index (χ0v) is 14.7. The minimum absolute atomic E-state index is 0.0444. The number of carbonyl (C=O) groups excluding carboxylic acids is 1. The van der Waals surface area contributed by atoms with E-state index in [0.29, 0.717) is 23.3 Å². The van der Waals surface area contributed by atoms with Crippen molar-refractivity contribution in [3.8, 4) is 0 Å². The van der Waals surface area contributed by atoms with Gasteiger partial charge in [0.25, 0.3) is 0 Å². The highest BCUT2D eigenvalue weighted by Crippen LogP contribution is 2.23. The molecule has 3 heterocycles. The summed E-state index contributed by atoms with van der Waals surface area (Å²) < 4.78 is 1.68. The van der Waals surface area contributed by atoms with Crippen LogP contribution in [0.5, 0.6) is 0 Å². The van der Waals surface area contributed by atoms with E-state index >= 15 is 0 Å².